The van der Waals surface area contributed by atoms with Gasteiger partial charge in [0, 0.05) is 29.2 Å². The number of nitrogens with zero attached hydrogens (tertiary/aromatic N) is 3. The van der Waals surface area contributed by atoms with Crippen LogP contribution in [0.2, 0.25) is 0 Å². The Hall–Kier alpha value is -3.30. The first-order valence-corrected chi connectivity index (χ1v) is 13.2. The summed E-state index contributed by atoms with van der Waals surface area (Å²) in [5.74, 6) is 0.577. The number of amides is 1. The number of benzene rings is 2. The van der Waals surface area contributed by atoms with E-state index in [9.17, 15) is 13.2 Å². The van der Waals surface area contributed by atoms with Crippen molar-refractivity contribution in [1.82, 2.24) is 14.9 Å². The van der Waals surface area contributed by atoms with Gasteiger partial charge >= 0.3 is 0 Å². The van der Waals surface area contributed by atoms with E-state index in [-0.39, 0.29) is 16.8 Å². The largest absolute Gasteiger partial charge is 0.322 e. The van der Waals surface area contributed by atoms with Crippen molar-refractivity contribution in [3.05, 3.63) is 77.1 Å². The SMILES string of the molecule is Cc1cc(C)nc(NS(=O)(=O)c2ccc(NC(=O)c3ccc(CN4CCC(C)CC4)cc3)cc2)n1. The second-order valence-corrected chi connectivity index (χ2v) is 10.9. The van der Waals surface area contributed by atoms with Crippen LogP contribution in [0.1, 0.15) is 47.1 Å². The first-order chi connectivity index (χ1) is 16.7. The molecule has 9 heteroatoms. The summed E-state index contributed by atoms with van der Waals surface area (Å²) in [5, 5.41) is 2.82. The van der Waals surface area contributed by atoms with Crippen molar-refractivity contribution in [3.8, 4) is 0 Å². The van der Waals surface area contributed by atoms with E-state index in [2.05, 4.69) is 31.8 Å². The summed E-state index contributed by atoms with van der Waals surface area (Å²) >= 11 is 0. The molecule has 184 valence electrons. The first kappa shape index (κ1) is 24.8. The number of likely N-dealkylation sites (tertiary alicyclic amines) is 1. The van der Waals surface area contributed by atoms with Gasteiger partial charge < -0.3 is 5.32 Å². The van der Waals surface area contributed by atoms with Gasteiger partial charge in [0.05, 0.1) is 4.90 Å². The highest BCUT2D eigenvalue weighted by atomic mass is 32.2. The number of anilines is 2. The smallest absolute Gasteiger partial charge is 0.264 e. The molecule has 0 saturated carbocycles. The monoisotopic (exact) mass is 493 g/mol. The number of hydrogen-bond acceptors (Lipinski definition) is 6. The van der Waals surface area contributed by atoms with E-state index >= 15 is 0 Å². The van der Waals surface area contributed by atoms with Gasteiger partial charge in [0.2, 0.25) is 5.95 Å². The van der Waals surface area contributed by atoms with E-state index in [1.54, 1.807) is 32.0 Å². The maximum absolute atomic E-state index is 12.7. The maximum Gasteiger partial charge on any atom is 0.264 e. The Balaban J connectivity index is 1.36. The predicted octanol–water partition coefficient (Wildman–Crippen LogP) is 4.38. The molecule has 2 heterocycles. The highest BCUT2D eigenvalue weighted by Crippen LogP contribution is 2.20. The zero-order valence-corrected chi connectivity index (χ0v) is 21.1. The lowest BCUT2D eigenvalue weighted by atomic mass is 9.99. The summed E-state index contributed by atoms with van der Waals surface area (Å²) < 4.78 is 27.8. The minimum absolute atomic E-state index is 0.0261. The Morgan fingerprint density at radius 1 is 0.971 bits per heavy atom. The molecule has 0 radical (unpaired) electrons. The fraction of sp³-hybridized carbons (Fsp3) is 0.346. The van der Waals surface area contributed by atoms with Crippen molar-refractivity contribution < 1.29 is 13.2 Å². The molecule has 0 bridgehead atoms. The van der Waals surface area contributed by atoms with Crippen molar-refractivity contribution in [2.45, 2.75) is 45.1 Å². The molecule has 1 amide bonds. The first-order valence-electron chi connectivity index (χ1n) is 11.8. The Labute approximate surface area is 206 Å². The van der Waals surface area contributed by atoms with Crippen LogP contribution < -0.4 is 10.0 Å². The lowest BCUT2D eigenvalue weighted by molar-refractivity contribution is 0.102. The molecule has 0 unspecified atom stereocenters. The quantitative estimate of drug-likeness (QED) is 0.506. The molecule has 2 N–H and O–H groups in total. The normalized spacial score (nSPS) is 15.1. The number of piperidine rings is 1. The molecule has 0 spiro atoms. The van der Waals surface area contributed by atoms with Gasteiger partial charge in [-0.05, 0) is 93.7 Å². The molecule has 1 aliphatic heterocycles. The van der Waals surface area contributed by atoms with Gasteiger partial charge in [-0.15, -0.1) is 0 Å². The van der Waals surface area contributed by atoms with Crippen LogP contribution in [0.4, 0.5) is 11.6 Å². The van der Waals surface area contributed by atoms with Crippen LogP contribution in [0.25, 0.3) is 0 Å². The van der Waals surface area contributed by atoms with Gasteiger partial charge in [-0.3, -0.25) is 9.69 Å². The summed E-state index contributed by atoms with van der Waals surface area (Å²) in [6.07, 6.45) is 2.46. The van der Waals surface area contributed by atoms with Crippen LogP contribution in [-0.4, -0.2) is 42.3 Å². The Bertz CT molecular complexity index is 1260. The molecule has 4 rings (SSSR count). The van der Waals surface area contributed by atoms with Crippen LogP contribution >= 0.6 is 0 Å². The minimum Gasteiger partial charge on any atom is -0.322 e. The van der Waals surface area contributed by atoms with E-state index in [0.29, 0.717) is 22.6 Å². The van der Waals surface area contributed by atoms with Crippen LogP contribution in [0, 0.1) is 19.8 Å². The summed E-state index contributed by atoms with van der Waals surface area (Å²) in [5.41, 5.74) is 3.57. The van der Waals surface area contributed by atoms with Gasteiger partial charge in [0.1, 0.15) is 0 Å². The lowest BCUT2D eigenvalue weighted by Gasteiger charge is -2.30. The molecule has 35 heavy (non-hydrogen) atoms. The molecule has 2 aromatic carbocycles. The van der Waals surface area contributed by atoms with Crippen molar-refractivity contribution in [1.29, 1.82) is 0 Å². The van der Waals surface area contributed by atoms with Crippen molar-refractivity contribution >= 4 is 27.6 Å². The third-order valence-corrected chi connectivity index (χ3v) is 7.47. The molecular formula is C26H31N5O3S. The number of sulfonamides is 1. The summed E-state index contributed by atoms with van der Waals surface area (Å²) in [7, 11) is -3.86. The second kappa shape index (κ2) is 10.5. The highest BCUT2D eigenvalue weighted by molar-refractivity contribution is 7.92. The molecule has 1 aromatic heterocycles. The number of aryl methyl sites for hydroxylation is 2. The predicted molar refractivity (Wildman–Crippen MR) is 137 cm³/mol. The Morgan fingerprint density at radius 3 is 2.17 bits per heavy atom. The van der Waals surface area contributed by atoms with Crippen LogP contribution in [0.3, 0.4) is 0 Å². The molecule has 8 nitrogen and oxygen atoms in total. The Morgan fingerprint density at radius 2 is 1.57 bits per heavy atom. The third kappa shape index (κ3) is 6.64. The average molecular weight is 494 g/mol. The molecule has 0 atom stereocenters. The highest BCUT2D eigenvalue weighted by Gasteiger charge is 2.17. The van der Waals surface area contributed by atoms with Gasteiger partial charge in [-0.1, -0.05) is 19.1 Å². The van der Waals surface area contributed by atoms with Crippen molar-refractivity contribution in [2.24, 2.45) is 5.92 Å². The molecule has 0 aliphatic carbocycles. The lowest BCUT2D eigenvalue weighted by Crippen LogP contribution is -2.32. The zero-order valence-electron chi connectivity index (χ0n) is 20.3. The van der Waals surface area contributed by atoms with Crippen LogP contribution in [0.15, 0.2) is 59.5 Å². The van der Waals surface area contributed by atoms with Gasteiger partial charge in [-0.2, -0.15) is 0 Å². The van der Waals surface area contributed by atoms with E-state index in [1.165, 1.54) is 30.5 Å². The number of carbonyl (C=O) groups is 1. The van der Waals surface area contributed by atoms with Crippen molar-refractivity contribution in [3.63, 3.8) is 0 Å². The van der Waals surface area contributed by atoms with Crippen molar-refractivity contribution in [2.75, 3.05) is 23.1 Å². The molecular weight excluding hydrogens is 462 g/mol. The van der Waals surface area contributed by atoms with E-state index in [0.717, 1.165) is 25.6 Å². The molecule has 1 fully saturated rings. The zero-order chi connectivity index (χ0) is 25.0. The number of carbonyl (C=O) groups excluding carboxylic acids is 1. The number of hydrogen-bond donors (Lipinski definition) is 2. The summed E-state index contributed by atoms with van der Waals surface area (Å²) in [6, 6.07) is 15.4. The van der Waals surface area contributed by atoms with Gasteiger partial charge in [-0.25, -0.2) is 23.1 Å². The molecule has 1 aliphatic rings. The fourth-order valence-electron chi connectivity index (χ4n) is 4.11. The number of rotatable bonds is 7. The van der Waals surface area contributed by atoms with Crippen LogP contribution in [0.5, 0.6) is 0 Å². The Kier molecular flexibility index (Phi) is 7.47. The average Bonchev–Trinajstić information content (AvgIpc) is 2.80. The van der Waals surface area contributed by atoms with E-state index in [1.807, 2.05) is 24.3 Å². The summed E-state index contributed by atoms with van der Waals surface area (Å²) in [4.78, 5) is 23.4. The topological polar surface area (TPSA) is 104 Å². The van der Waals surface area contributed by atoms with Crippen LogP contribution in [-0.2, 0) is 16.6 Å². The molecule has 3 aromatic rings. The molecule has 1 saturated heterocycles. The van der Waals surface area contributed by atoms with Gasteiger partial charge in [0.25, 0.3) is 15.9 Å². The minimum atomic E-state index is -3.86. The number of aromatic nitrogens is 2. The van der Waals surface area contributed by atoms with E-state index in [4.69, 9.17) is 0 Å². The standard InChI is InChI=1S/C26H31N5O3S/c1-18-12-14-31(15-13-18)17-21-4-6-22(7-5-21)25(32)29-23-8-10-24(11-9-23)35(33,34)30-26-27-19(2)16-20(3)28-26/h4-11,16,18H,12-15,17H2,1-3H3,(H,29,32)(H,27,28,30). The maximum atomic E-state index is 12.7. The summed E-state index contributed by atoms with van der Waals surface area (Å²) in [6.45, 7) is 8.96. The van der Waals surface area contributed by atoms with Gasteiger partial charge in [0.15, 0.2) is 0 Å². The number of nitrogens with one attached hydrogen (secondary N) is 2. The third-order valence-electron chi connectivity index (χ3n) is 6.13. The van der Waals surface area contributed by atoms with E-state index < -0.39 is 10.0 Å². The fourth-order valence-corrected chi connectivity index (χ4v) is 5.06. The second-order valence-electron chi connectivity index (χ2n) is 9.21.